The van der Waals surface area contributed by atoms with Crippen molar-refractivity contribution in [3.8, 4) is 0 Å². The quantitative estimate of drug-likeness (QED) is 0.704. The Morgan fingerprint density at radius 3 is 2.45 bits per heavy atom. The zero-order chi connectivity index (χ0) is 15.2. The summed E-state index contributed by atoms with van der Waals surface area (Å²) in [6.07, 6.45) is 0.739. The highest BCUT2D eigenvalue weighted by molar-refractivity contribution is 5.87. The van der Waals surface area contributed by atoms with E-state index in [0.717, 1.165) is 5.56 Å². The molecule has 0 fully saturated rings. The monoisotopic (exact) mass is 278 g/mol. The molecular formula is C15H22N2O3. The fourth-order valence-electron chi connectivity index (χ4n) is 1.94. The third-order valence-corrected chi connectivity index (χ3v) is 3.44. The minimum atomic E-state index is -1.12. The molecule has 0 aliphatic heterocycles. The Labute approximate surface area is 119 Å². The first kappa shape index (κ1) is 16.2. The standard InChI is InChI=1S/C15H22N2O3/c1-3-11(9-13(18)19)10-17-14(20)15(2,16)12-7-5-4-6-8-12/h4-8,11H,3,9-10,16H2,1-2H3,(H,17,20)(H,18,19). The van der Waals surface area contributed by atoms with Crippen LogP contribution in [0, 0.1) is 5.92 Å². The summed E-state index contributed by atoms with van der Waals surface area (Å²) in [7, 11) is 0. The number of amides is 1. The molecule has 2 atom stereocenters. The van der Waals surface area contributed by atoms with E-state index >= 15 is 0 Å². The molecule has 0 aliphatic rings. The van der Waals surface area contributed by atoms with Gasteiger partial charge in [-0.2, -0.15) is 0 Å². The van der Waals surface area contributed by atoms with Crippen molar-refractivity contribution in [1.82, 2.24) is 5.32 Å². The zero-order valence-corrected chi connectivity index (χ0v) is 11.9. The average Bonchev–Trinajstić information content (AvgIpc) is 2.43. The highest BCUT2D eigenvalue weighted by Gasteiger charge is 2.30. The van der Waals surface area contributed by atoms with Crippen molar-refractivity contribution in [3.63, 3.8) is 0 Å². The number of carboxylic acids is 1. The third kappa shape index (κ3) is 4.35. The number of nitrogens with two attached hydrogens (primary N) is 1. The maximum atomic E-state index is 12.2. The summed E-state index contributed by atoms with van der Waals surface area (Å²) in [5.74, 6) is -1.24. The lowest BCUT2D eigenvalue weighted by Gasteiger charge is -2.25. The second kappa shape index (κ2) is 7.05. The number of hydrogen-bond donors (Lipinski definition) is 3. The molecule has 0 saturated carbocycles. The summed E-state index contributed by atoms with van der Waals surface area (Å²) in [5.41, 5.74) is 5.69. The molecule has 0 bridgehead atoms. The van der Waals surface area contributed by atoms with Gasteiger partial charge in [-0.05, 0) is 18.4 Å². The topological polar surface area (TPSA) is 92.4 Å². The van der Waals surface area contributed by atoms with Crippen molar-refractivity contribution in [3.05, 3.63) is 35.9 Å². The molecule has 1 aromatic carbocycles. The Hall–Kier alpha value is -1.88. The molecule has 110 valence electrons. The van der Waals surface area contributed by atoms with Gasteiger partial charge in [-0.1, -0.05) is 43.7 Å². The van der Waals surface area contributed by atoms with Crippen LogP contribution in [0.5, 0.6) is 0 Å². The van der Waals surface area contributed by atoms with Gasteiger partial charge in [0.1, 0.15) is 5.54 Å². The molecule has 0 aromatic heterocycles. The molecule has 1 rings (SSSR count). The van der Waals surface area contributed by atoms with Gasteiger partial charge < -0.3 is 16.2 Å². The lowest BCUT2D eigenvalue weighted by Crippen LogP contribution is -2.50. The van der Waals surface area contributed by atoms with Crippen molar-refractivity contribution in [2.45, 2.75) is 32.2 Å². The van der Waals surface area contributed by atoms with Crippen LogP contribution in [0.3, 0.4) is 0 Å². The molecule has 0 heterocycles. The average molecular weight is 278 g/mol. The predicted molar refractivity (Wildman–Crippen MR) is 77.0 cm³/mol. The van der Waals surface area contributed by atoms with Crippen LogP contribution in [0.2, 0.25) is 0 Å². The van der Waals surface area contributed by atoms with Crippen LogP contribution in [-0.2, 0) is 15.1 Å². The van der Waals surface area contributed by atoms with Crippen LogP contribution >= 0.6 is 0 Å². The van der Waals surface area contributed by atoms with Gasteiger partial charge >= 0.3 is 5.97 Å². The van der Waals surface area contributed by atoms with Crippen LogP contribution in [0.1, 0.15) is 32.3 Å². The van der Waals surface area contributed by atoms with Crippen LogP contribution < -0.4 is 11.1 Å². The van der Waals surface area contributed by atoms with E-state index in [2.05, 4.69) is 5.32 Å². The third-order valence-electron chi connectivity index (χ3n) is 3.44. The van der Waals surface area contributed by atoms with E-state index in [0.29, 0.717) is 13.0 Å². The van der Waals surface area contributed by atoms with Crippen LogP contribution in [0.25, 0.3) is 0 Å². The predicted octanol–water partition coefficient (Wildman–Crippen LogP) is 1.48. The van der Waals surface area contributed by atoms with Crippen molar-refractivity contribution in [2.24, 2.45) is 11.7 Å². The lowest BCUT2D eigenvalue weighted by molar-refractivity contribution is -0.138. The number of rotatable bonds is 7. The largest absolute Gasteiger partial charge is 0.481 e. The van der Waals surface area contributed by atoms with E-state index in [1.165, 1.54) is 0 Å². The Morgan fingerprint density at radius 2 is 1.95 bits per heavy atom. The maximum absolute atomic E-state index is 12.2. The molecule has 5 heteroatoms. The Morgan fingerprint density at radius 1 is 1.35 bits per heavy atom. The lowest BCUT2D eigenvalue weighted by atomic mass is 9.92. The Balaban J connectivity index is 2.64. The van der Waals surface area contributed by atoms with Crippen LogP contribution in [0.4, 0.5) is 0 Å². The number of hydrogen-bond acceptors (Lipinski definition) is 3. The number of carboxylic acid groups (broad SMARTS) is 1. The molecule has 0 radical (unpaired) electrons. The van der Waals surface area contributed by atoms with Crippen molar-refractivity contribution in [2.75, 3.05) is 6.54 Å². The zero-order valence-electron chi connectivity index (χ0n) is 11.9. The minimum Gasteiger partial charge on any atom is -0.481 e. The Kier molecular flexibility index (Phi) is 5.70. The number of aliphatic carboxylic acids is 1. The van der Waals surface area contributed by atoms with Gasteiger partial charge in [0.15, 0.2) is 0 Å². The first-order chi connectivity index (χ1) is 9.37. The van der Waals surface area contributed by atoms with Gasteiger partial charge in [0.25, 0.3) is 0 Å². The number of carbonyl (C=O) groups is 2. The molecule has 0 spiro atoms. The van der Waals surface area contributed by atoms with Crippen molar-refractivity contribution >= 4 is 11.9 Å². The van der Waals surface area contributed by atoms with E-state index in [1.807, 2.05) is 25.1 Å². The molecule has 1 aromatic rings. The summed E-state index contributed by atoms with van der Waals surface area (Å²) in [6, 6.07) is 9.11. The van der Waals surface area contributed by atoms with E-state index in [4.69, 9.17) is 10.8 Å². The van der Waals surface area contributed by atoms with Gasteiger partial charge in [-0.15, -0.1) is 0 Å². The summed E-state index contributed by atoms with van der Waals surface area (Å²) in [6.45, 7) is 3.87. The van der Waals surface area contributed by atoms with E-state index < -0.39 is 11.5 Å². The van der Waals surface area contributed by atoms with Crippen molar-refractivity contribution in [1.29, 1.82) is 0 Å². The van der Waals surface area contributed by atoms with Gasteiger partial charge in [-0.25, -0.2) is 0 Å². The molecular weight excluding hydrogens is 256 g/mol. The van der Waals surface area contributed by atoms with Crippen LogP contribution in [0.15, 0.2) is 30.3 Å². The highest BCUT2D eigenvalue weighted by Crippen LogP contribution is 2.17. The summed E-state index contributed by atoms with van der Waals surface area (Å²) in [5, 5.41) is 11.5. The van der Waals surface area contributed by atoms with E-state index in [-0.39, 0.29) is 18.2 Å². The molecule has 5 nitrogen and oxygen atoms in total. The normalized spacial score (nSPS) is 15.2. The fourth-order valence-corrected chi connectivity index (χ4v) is 1.94. The summed E-state index contributed by atoms with van der Waals surface area (Å²) < 4.78 is 0. The minimum absolute atomic E-state index is 0.0450. The number of benzene rings is 1. The van der Waals surface area contributed by atoms with Gasteiger partial charge in [0, 0.05) is 13.0 Å². The Bertz CT molecular complexity index is 457. The highest BCUT2D eigenvalue weighted by atomic mass is 16.4. The molecule has 2 unspecified atom stereocenters. The first-order valence-electron chi connectivity index (χ1n) is 6.72. The summed E-state index contributed by atoms with van der Waals surface area (Å²) >= 11 is 0. The maximum Gasteiger partial charge on any atom is 0.303 e. The number of carbonyl (C=O) groups excluding carboxylic acids is 1. The van der Waals surface area contributed by atoms with E-state index in [1.54, 1.807) is 19.1 Å². The number of nitrogens with one attached hydrogen (secondary N) is 1. The van der Waals surface area contributed by atoms with Crippen LogP contribution in [-0.4, -0.2) is 23.5 Å². The molecule has 4 N–H and O–H groups in total. The van der Waals surface area contributed by atoms with Gasteiger partial charge in [-0.3, -0.25) is 9.59 Å². The molecule has 1 amide bonds. The van der Waals surface area contributed by atoms with Crippen molar-refractivity contribution < 1.29 is 14.7 Å². The second-order valence-corrected chi connectivity index (χ2v) is 5.15. The SMILES string of the molecule is CCC(CNC(=O)C(C)(N)c1ccccc1)CC(=O)O. The summed E-state index contributed by atoms with van der Waals surface area (Å²) in [4.78, 5) is 22.9. The molecule has 0 aliphatic carbocycles. The second-order valence-electron chi connectivity index (χ2n) is 5.15. The molecule has 20 heavy (non-hydrogen) atoms. The van der Waals surface area contributed by atoms with Gasteiger partial charge in [0.05, 0.1) is 0 Å². The fraction of sp³-hybridized carbons (Fsp3) is 0.467. The van der Waals surface area contributed by atoms with E-state index in [9.17, 15) is 9.59 Å². The van der Waals surface area contributed by atoms with Gasteiger partial charge in [0.2, 0.25) is 5.91 Å². The molecule has 0 saturated heterocycles. The first-order valence-corrected chi connectivity index (χ1v) is 6.72. The smallest absolute Gasteiger partial charge is 0.303 e.